The van der Waals surface area contributed by atoms with Crippen molar-refractivity contribution in [3.63, 3.8) is 0 Å². The predicted octanol–water partition coefficient (Wildman–Crippen LogP) is 2.12. The van der Waals surface area contributed by atoms with E-state index >= 15 is 0 Å². The van der Waals surface area contributed by atoms with Gasteiger partial charge in [-0.1, -0.05) is 18.2 Å². The molecule has 0 radical (unpaired) electrons. The Balaban J connectivity index is 2.41. The van der Waals surface area contributed by atoms with E-state index in [9.17, 15) is 4.79 Å². The number of para-hydroxylation sites is 1. The van der Waals surface area contributed by atoms with Gasteiger partial charge in [-0.05, 0) is 25.0 Å². The third-order valence-electron chi connectivity index (χ3n) is 2.40. The van der Waals surface area contributed by atoms with Gasteiger partial charge < -0.3 is 4.90 Å². The zero-order chi connectivity index (χ0) is 10.1. The Bertz CT molecular complexity index is 376. The lowest BCUT2D eigenvalue weighted by molar-refractivity contribution is -0.117. The van der Waals surface area contributed by atoms with Crippen molar-refractivity contribution < 1.29 is 6.17 Å². The van der Waals surface area contributed by atoms with Crippen LogP contribution in [0.3, 0.4) is 0 Å². The minimum atomic E-state index is 0.179. The average molecular weight is 176 g/mol. The van der Waals surface area contributed by atoms with E-state index < -0.39 is 0 Å². The van der Waals surface area contributed by atoms with Crippen LogP contribution in [0.25, 0.3) is 0 Å². The van der Waals surface area contributed by atoms with Crippen LogP contribution in [0, 0.1) is 6.92 Å². The van der Waals surface area contributed by atoms with E-state index in [2.05, 4.69) is 0 Å². The van der Waals surface area contributed by atoms with E-state index in [1.54, 1.807) is 11.0 Å². The summed E-state index contributed by atoms with van der Waals surface area (Å²) in [4.78, 5) is 13.3. The third-order valence-corrected chi connectivity index (χ3v) is 2.40. The molecule has 2 nitrogen and oxygen atoms in total. The molecule has 2 heteroatoms. The van der Waals surface area contributed by atoms with Gasteiger partial charge in [0.15, 0.2) is 0 Å². The van der Waals surface area contributed by atoms with Crippen molar-refractivity contribution >= 4 is 11.6 Å². The summed E-state index contributed by atoms with van der Waals surface area (Å²) >= 11 is 0. The first kappa shape index (κ1) is 7.13. The molecule has 1 aromatic rings. The van der Waals surface area contributed by atoms with Gasteiger partial charge >= 0.3 is 0 Å². The summed E-state index contributed by atoms with van der Waals surface area (Å²) in [5.74, 6) is 0.179. The van der Waals surface area contributed by atoms with Crippen LogP contribution in [0.1, 0.15) is 19.8 Å². The standard InChI is InChI=1S/C11H13NO/c1-9-5-2-3-6-10(9)12-8-4-7-11(12)13/h2-3,5-6H,4,7-8H2,1H3/i5D. The number of nitrogens with zero attached hydrogens (tertiary/aromatic N) is 1. The van der Waals surface area contributed by atoms with E-state index in [1.165, 1.54) is 0 Å². The van der Waals surface area contributed by atoms with Crippen LogP contribution >= 0.6 is 0 Å². The molecule has 0 aliphatic carbocycles. The van der Waals surface area contributed by atoms with Gasteiger partial charge in [-0.3, -0.25) is 4.79 Å². The predicted molar refractivity (Wildman–Crippen MR) is 52.8 cm³/mol. The molecule has 1 saturated heterocycles. The number of anilines is 1. The molecular formula is C11H13NO. The molecule has 0 spiro atoms. The zero-order valence-corrected chi connectivity index (χ0v) is 7.71. The number of hydrogen-bond donors (Lipinski definition) is 0. The Morgan fingerprint density at radius 1 is 1.54 bits per heavy atom. The number of carbonyl (C=O) groups is 1. The van der Waals surface area contributed by atoms with E-state index in [4.69, 9.17) is 1.37 Å². The van der Waals surface area contributed by atoms with E-state index in [0.29, 0.717) is 12.5 Å². The minimum Gasteiger partial charge on any atom is -0.312 e. The zero-order valence-electron chi connectivity index (χ0n) is 8.71. The molecule has 1 heterocycles. The monoisotopic (exact) mass is 176 g/mol. The smallest absolute Gasteiger partial charge is 0.227 e. The molecule has 1 aliphatic heterocycles. The van der Waals surface area contributed by atoms with E-state index in [-0.39, 0.29) is 5.91 Å². The lowest BCUT2D eigenvalue weighted by atomic mass is 10.2. The third kappa shape index (κ3) is 1.44. The molecule has 0 unspecified atom stereocenters. The highest BCUT2D eigenvalue weighted by molar-refractivity contribution is 5.95. The second-order valence-electron chi connectivity index (χ2n) is 3.33. The van der Waals surface area contributed by atoms with Gasteiger partial charge in [-0.15, -0.1) is 0 Å². The lowest BCUT2D eigenvalue weighted by Gasteiger charge is -2.17. The van der Waals surface area contributed by atoms with Crippen LogP contribution < -0.4 is 4.90 Å². The van der Waals surface area contributed by atoms with E-state index in [1.807, 2.05) is 19.1 Å². The van der Waals surface area contributed by atoms with Crippen molar-refractivity contribution in [2.24, 2.45) is 0 Å². The average Bonchev–Trinajstić information content (AvgIpc) is 2.57. The molecule has 1 aliphatic rings. The van der Waals surface area contributed by atoms with E-state index in [0.717, 1.165) is 24.2 Å². The Hall–Kier alpha value is -1.31. The van der Waals surface area contributed by atoms with Gasteiger partial charge in [0, 0.05) is 18.7 Å². The van der Waals surface area contributed by atoms with Gasteiger partial charge in [0.05, 0.1) is 1.37 Å². The maximum atomic E-state index is 11.5. The van der Waals surface area contributed by atoms with Crippen molar-refractivity contribution in [2.45, 2.75) is 19.8 Å². The summed E-state index contributed by atoms with van der Waals surface area (Å²) in [6, 6.07) is 5.99. The quantitative estimate of drug-likeness (QED) is 0.641. The summed E-state index contributed by atoms with van der Waals surface area (Å²) < 4.78 is 7.65. The maximum absolute atomic E-state index is 11.5. The normalized spacial score (nSPS) is 17.8. The summed E-state index contributed by atoms with van der Waals surface area (Å²) in [5.41, 5.74) is 1.79. The van der Waals surface area contributed by atoms with Gasteiger partial charge in [0.25, 0.3) is 0 Å². The molecule has 0 bridgehead atoms. The molecule has 0 saturated carbocycles. The first-order valence-electron chi connectivity index (χ1n) is 5.07. The molecule has 68 valence electrons. The summed E-state index contributed by atoms with van der Waals surface area (Å²) in [6.07, 6.45) is 1.57. The SMILES string of the molecule is [2H]c1cccc(N2CCCC2=O)c1C. The summed E-state index contributed by atoms with van der Waals surface area (Å²) in [7, 11) is 0. The first-order chi connectivity index (χ1) is 6.70. The maximum Gasteiger partial charge on any atom is 0.227 e. The molecular weight excluding hydrogens is 162 g/mol. The van der Waals surface area contributed by atoms with Crippen molar-refractivity contribution in [1.82, 2.24) is 0 Å². The van der Waals surface area contributed by atoms with Crippen LogP contribution in [0.5, 0.6) is 0 Å². The van der Waals surface area contributed by atoms with Crippen molar-refractivity contribution in [3.05, 3.63) is 29.8 Å². The molecule has 1 aromatic carbocycles. The largest absolute Gasteiger partial charge is 0.312 e. The van der Waals surface area contributed by atoms with Crippen LogP contribution in [0.2, 0.25) is 0 Å². The number of carbonyl (C=O) groups excluding carboxylic acids is 1. The second kappa shape index (κ2) is 3.21. The molecule has 1 fully saturated rings. The molecule has 2 rings (SSSR count). The van der Waals surface area contributed by atoms with Crippen molar-refractivity contribution in [1.29, 1.82) is 0 Å². The fourth-order valence-corrected chi connectivity index (χ4v) is 1.71. The van der Waals surface area contributed by atoms with Gasteiger partial charge in [0.2, 0.25) is 5.91 Å². The topological polar surface area (TPSA) is 20.3 Å². The number of rotatable bonds is 1. The lowest BCUT2D eigenvalue weighted by Crippen LogP contribution is -2.24. The summed E-state index contributed by atoms with van der Waals surface area (Å²) in [6.45, 7) is 2.69. The Labute approximate surface area is 79.6 Å². The number of hydrogen-bond acceptors (Lipinski definition) is 1. The minimum absolute atomic E-state index is 0.179. The Morgan fingerprint density at radius 3 is 3.08 bits per heavy atom. The van der Waals surface area contributed by atoms with Crippen LogP contribution in [-0.2, 0) is 4.79 Å². The Kier molecular flexibility index (Phi) is 1.76. The van der Waals surface area contributed by atoms with Crippen molar-refractivity contribution in [3.8, 4) is 0 Å². The highest BCUT2D eigenvalue weighted by atomic mass is 16.2. The summed E-state index contributed by atoms with van der Waals surface area (Å²) in [5, 5.41) is 0. The Morgan fingerprint density at radius 2 is 2.38 bits per heavy atom. The van der Waals surface area contributed by atoms with Gasteiger partial charge in [-0.2, -0.15) is 0 Å². The molecule has 0 atom stereocenters. The molecule has 1 amide bonds. The number of amides is 1. The molecule has 0 aromatic heterocycles. The van der Waals surface area contributed by atoms with Gasteiger partial charge in [-0.25, -0.2) is 0 Å². The highest BCUT2D eigenvalue weighted by Gasteiger charge is 2.22. The number of benzene rings is 1. The van der Waals surface area contributed by atoms with Gasteiger partial charge in [0.1, 0.15) is 0 Å². The molecule has 0 N–H and O–H groups in total. The highest BCUT2D eigenvalue weighted by Crippen LogP contribution is 2.24. The fourth-order valence-electron chi connectivity index (χ4n) is 1.71. The van der Waals surface area contributed by atoms with Crippen LogP contribution in [0.15, 0.2) is 24.2 Å². The van der Waals surface area contributed by atoms with Crippen LogP contribution in [0.4, 0.5) is 5.69 Å². The van der Waals surface area contributed by atoms with Crippen molar-refractivity contribution in [2.75, 3.05) is 11.4 Å². The first-order valence-corrected chi connectivity index (χ1v) is 4.57. The molecule has 13 heavy (non-hydrogen) atoms. The fraction of sp³-hybridized carbons (Fsp3) is 0.364. The second-order valence-corrected chi connectivity index (χ2v) is 3.33. The van der Waals surface area contributed by atoms with Crippen LogP contribution in [-0.4, -0.2) is 12.5 Å².